The van der Waals surface area contributed by atoms with Crippen LogP contribution in [0.15, 0.2) is 18.3 Å². The summed E-state index contributed by atoms with van der Waals surface area (Å²) in [7, 11) is 0. The molecule has 0 aliphatic rings. The molecule has 0 saturated heterocycles. The predicted molar refractivity (Wildman–Crippen MR) is 52.7 cm³/mol. The van der Waals surface area contributed by atoms with E-state index in [1.165, 1.54) is 18.3 Å². The summed E-state index contributed by atoms with van der Waals surface area (Å²) in [5, 5.41) is 0. The number of rotatable bonds is 4. The first-order valence-corrected chi connectivity index (χ1v) is 4.26. The number of esters is 1. The second-order valence-corrected chi connectivity index (χ2v) is 2.83. The molecule has 0 saturated carbocycles. The highest BCUT2D eigenvalue weighted by atomic mass is 16.5. The van der Waals surface area contributed by atoms with Gasteiger partial charge in [-0.3, -0.25) is 4.79 Å². The molecular weight excluding hydrogens is 198 g/mol. The molecule has 0 atom stereocenters. The van der Waals surface area contributed by atoms with Gasteiger partial charge in [0, 0.05) is 0 Å². The molecule has 1 aromatic rings. The van der Waals surface area contributed by atoms with Crippen LogP contribution in [0.3, 0.4) is 0 Å². The molecule has 0 fully saturated rings. The second kappa shape index (κ2) is 4.94. The van der Waals surface area contributed by atoms with E-state index in [9.17, 15) is 9.59 Å². The van der Waals surface area contributed by atoms with Gasteiger partial charge in [-0.25, -0.2) is 9.78 Å². The monoisotopic (exact) mass is 209 g/mol. The zero-order valence-corrected chi connectivity index (χ0v) is 7.97. The number of ether oxygens (including phenoxy) is 1. The van der Waals surface area contributed by atoms with Crippen LogP contribution in [0.4, 0.5) is 5.69 Å². The lowest BCUT2D eigenvalue weighted by Crippen LogP contribution is -2.16. The molecule has 0 spiro atoms. The van der Waals surface area contributed by atoms with Gasteiger partial charge >= 0.3 is 5.97 Å². The number of nitrogen functional groups attached to an aromatic ring is 1. The topological polar surface area (TPSA) is 108 Å². The average molecular weight is 209 g/mol. The van der Waals surface area contributed by atoms with Crippen molar-refractivity contribution >= 4 is 17.6 Å². The molecule has 1 aromatic heterocycles. The third-order valence-corrected chi connectivity index (χ3v) is 1.58. The first-order chi connectivity index (χ1) is 7.09. The normalized spacial score (nSPS) is 9.60. The highest BCUT2D eigenvalue weighted by molar-refractivity contribution is 5.87. The minimum absolute atomic E-state index is 0.000707. The van der Waals surface area contributed by atoms with Crippen molar-refractivity contribution in [3.63, 3.8) is 0 Å². The summed E-state index contributed by atoms with van der Waals surface area (Å²) in [6, 6.07) is 2.99. The largest absolute Gasteiger partial charge is 0.460 e. The molecule has 15 heavy (non-hydrogen) atoms. The maximum atomic E-state index is 11.3. The van der Waals surface area contributed by atoms with E-state index >= 15 is 0 Å². The Labute approximate surface area is 86.2 Å². The molecular formula is C9H11N3O3. The lowest BCUT2D eigenvalue weighted by atomic mass is 10.3. The van der Waals surface area contributed by atoms with Crippen molar-refractivity contribution in [2.45, 2.75) is 6.42 Å². The highest BCUT2D eigenvalue weighted by Gasteiger charge is 2.08. The molecule has 0 unspecified atom stereocenters. The van der Waals surface area contributed by atoms with Gasteiger partial charge < -0.3 is 16.2 Å². The minimum Gasteiger partial charge on any atom is -0.460 e. The second-order valence-electron chi connectivity index (χ2n) is 2.83. The Morgan fingerprint density at radius 2 is 2.13 bits per heavy atom. The summed E-state index contributed by atoms with van der Waals surface area (Å²) in [5.74, 6) is -1.12. The van der Waals surface area contributed by atoms with Crippen molar-refractivity contribution in [3.05, 3.63) is 24.0 Å². The van der Waals surface area contributed by atoms with Gasteiger partial charge in [0.1, 0.15) is 12.3 Å². The van der Waals surface area contributed by atoms with Gasteiger partial charge in [0.2, 0.25) is 5.91 Å². The van der Waals surface area contributed by atoms with Gasteiger partial charge in [-0.2, -0.15) is 0 Å². The standard InChI is InChI=1S/C9H11N3O3/c10-6-1-2-7(12-5-6)9(14)15-4-3-8(11)13/h1-2,5H,3-4,10H2,(H2,11,13). The van der Waals surface area contributed by atoms with Crippen LogP contribution in [0.1, 0.15) is 16.9 Å². The summed E-state index contributed by atoms with van der Waals surface area (Å²) >= 11 is 0. The fourth-order valence-electron chi connectivity index (χ4n) is 0.844. The van der Waals surface area contributed by atoms with E-state index in [4.69, 9.17) is 16.2 Å². The average Bonchev–Trinajstić information content (AvgIpc) is 2.18. The first kappa shape index (κ1) is 11.0. The summed E-state index contributed by atoms with van der Waals surface area (Å²) in [6.07, 6.45) is 1.35. The molecule has 1 rings (SSSR count). The van der Waals surface area contributed by atoms with Crippen LogP contribution in [-0.2, 0) is 9.53 Å². The number of primary amides is 1. The number of pyridine rings is 1. The van der Waals surface area contributed by atoms with E-state index in [0.29, 0.717) is 5.69 Å². The minimum atomic E-state index is -0.601. The molecule has 1 amide bonds. The summed E-state index contributed by atoms with van der Waals surface area (Å²) in [4.78, 5) is 25.4. The number of hydrogen-bond donors (Lipinski definition) is 2. The number of amides is 1. The van der Waals surface area contributed by atoms with Gasteiger partial charge in [-0.1, -0.05) is 0 Å². The Morgan fingerprint density at radius 3 is 2.67 bits per heavy atom. The lowest BCUT2D eigenvalue weighted by Gasteiger charge is -2.02. The summed E-state index contributed by atoms with van der Waals surface area (Å²) < 4.78 is 4.74. The van der Waals surface area contributed by atoms with E-state index in [0.717, 1.165) is 0 Å². The number of nitrogens with two attached hydrogens (primary N) is 2. The van der Waals surface area contributed by atoms with Crippen LogP contribution in [-0.4, -0.2) is 23.5 Å². The molecule has 0 aliphatic heterocycles. The van der Waals surface area contributed by atoms with Crippen molar-refractivity contribution in [3.8, 4) is 0 Å². The number of carbonyl (C=O) groups excluding carboxylic acids is 2. The van der Waals surface area contributed by atoms with E-state index in [1.807, 2.05) is 0 Å². The fraction of sp³-hybridized carbons (Fsp3) is 0.222. The quantitative estimate of drug-likeness (QED) is 0.661. The Balaban J connectivity index is 2.47. The molecule has 0 aromatic carbocycles. The maximum absolute atomic E-state index is 11.3. The van der Waals surface area contributed by atoms with Crippen molar-refractivity contribution in [2.24, 2.45) is 5.73 Å². The van der Waals surface area contributed by atoms with Crippen molar-refractivity contribution in [1.29, 1.82) is 0 Å². The molecule has 1 heterocycles. The molecule has 6 heteroatoms. The summed E-state index contributed by atoms with van der Waals surface area (Å²) in [5.41, 5.74) is 10.9. The number of aromatic nitrogens is 1. The van der Waals surface area contributed by atoms with Crippen LogP contribution in [0.2, 0.25) is 0 Å². The zero-order valence-electron chi connectivity index (χ0n) is 7.97. The third-order valence-electron chi connectivity index (χ3n) is 1.58. The molecule has 80 valence electrons. The molecule has 0 bridgehead atoms. The van der Waals surface area contributed by atoms with E-state index < -0.39 is 11.9 Å². The number of nitrogens with zero attached hydrogens (tertiary/aromatic N) is 1. The smallest absolute Gasteiger partial charge is 0.356 e. The van der Waals surface area contributed by atoms with Crippen LogP contribution >= 0.6 is 0 Å². The SMILES string of the molecule is NC(=O)CCOC(=O)c1ccc(N)cn1. The van der Waals surface area contributed by atoms with Crippen molar-refractivity contribution in [2.75, 3.05) is 12.3 Å². The van der Waals surface area contributed by atoms with Crippen LogP contribution < -0.4 is 11.5 Å². The molecule has 0 radical (unpaired) electrons. The molecule has 0 aliphatic carbocycles. The number of hydrogen-bond acceptors (Lipinski definition) is 5. The maximum Gasteiger partial charge on any atom is 0.356 e. The van der Waals surface area contributed by atoms with E-state index in [-0.39, 0.29) is 18.7 Å². The zero-order chi connectivity index (χ0) is 11.3. The lowest BCUT2D eigenvalue weighted by molar-refractivity contribution is -0.118. The first-order valence-electron chi connectivity index (χ1n) is 4.26. The Kier molecular flexibility index (Phi) is 3.61. The van der Waals surface area contributed by atoms with Gasteiger partial charge in [-0.15, -0.1) is 0 Å². The number of carbonyl (C=O) groups is 2. The van der Waals surface area contributed by atoms with Crippen molar-refractivity contribution in [1.82, 2.24) is 4.98 Å². The summed E-state index contributed by atoms with van der Waals surface area (Å²) in [6.45, 7) is -0.0414. The Bertz CT molecular complexity index is 361. The van der Waals surface area contributed by atoms with E-state index in [1.54, 1.807) is 0 Å². The Hall–Kier alpha value is -2.11. The third kappa shape index (κ3) is 3.63. The van der Waals surface area contributed by atoms with Crippen LogP contribution in [0.25, 0.3) is 0 Å². The van der Waals surface area contributed by atoms with Gasteiger partial charge in [0.25, 0.3) is 0 Å². The molecule has 4 N–H and O–H groups in total. The predicted octanol–water partition coefficient (Wildman–Crippen LogP) is -0.304. The molecule has 6 nitrogen and oxygen atoms in total. The number of anilines is 1. The Morgan fingerprint density at radius 1 is 1.40 bits per heavy atom. The van der Waals surface area contributed by atoms with Crippen LogP contribution in [0, 0.1) is 0 Å². The van der Waals surface area contributed by atoms with Gasteiger partial charge in [-0.05, 0) is 12.1 Å². The van der Waals surface area contributed by atoms with Gasteiger partial charge in [0.15, 0.2) is 0 Å². The van der Waals surface area contributed by atoms with E-state index in [2.05, 4.69) is 4.98 Å². The highest BCUT2D eigenvalue weighted by Crippen LogP contribution is 2.02. The van der Waals surface area contributed by atoms with Gasteiger partial charge in [0.05, 0.1) is 18.3 Å². The fourth-order valence-corrected chi connectivity index (χ4v) is 0.844. The van der Waals surface area contributed by atoms with Crippen molar-refractivity contribution < 1.29 is 14.3 Å². The van der Waals surface area contributed by atoms with Crippen LogP contribution in [0.5, 0.6) is 0 Å².